The lowest BCUT2D eigenvalue weighted by Crippen LogP contribution is -2.05. The number of ketones is 1. The molecule has 0 N–H and O–H groups in total. The molecule has 18 heavy (non-hydrogen) atoms. The van der Waals surface area contributed by atoms with E-state index < -0.39 is 0 Å². The summed E-state index contributed by atoms with van der Waals surface area (Å²) in [7, 11) is 0. The zero-order valence-corrected chi connectivity index (χ0v) is 9.80. The molecule has 0 spiro atoms. The summed E-state index contributed by atoms with van der Waals surface area (Å²) >= 11 is 0. The van der Waals surface area contributed by atoms with Crippen LogP contribution in [0.25, 0.3) is 10.9 Å². The normalized spacial score (nSPS) is 9.94. The number of pyridine rings is 1. The summed E-state index contributed by atoms with van der Waals surface area (Å²) in [5.74, 6) is 0.559. The molecule has 2 aromatic rings. The van der Waals surface area contributed by atoms with Gasteiger partial charge in [-0.15, -0.1) is 0 Å². The second kappa shape index (κ2) is 5.78. The van der Waals surface area contributed by atoms with Crippen molar-refractivity contribution < 1.29 is 9.53 Å². The highest BCUT2D eigenvalue weighted by Gasteiger charge is 2.04. The molecule has 1 heterocycles. The van der Waals surface area contributed by atoms with Gasteiger partial charge in [-0.25, -0.2) is 0 Å². The summed E-state index contributed by atoms with van der Waals surface area (Å²) < 4.78 is 5.54. The van der Waals surface area contributed by atoms with E-state index in [2.05, 4.69) is 4.98 Å². The van der Waals surface area contributed by atoms with Gasteiger partial charge in [0, 0.05) is 18.0 Å². The Bertz CT molecular complexity index is 597. The molecule has 0 atom stereocenters. The van der Waals surface area contributed by atoms with Gasteiger partial charge in [0.15, 0.2) is 0 Å². The van der Waals surface area contributed by atoms with E-state index in [0.717, 1.165) is 10.9 Å². The van der Waals surface area contributed by atoms with Crippen molar-refractivity contribution in [2.24, 2.45) is 0 Å². The zero-order chi connectivity index (χ0) is 12.8. The second-order valence-electron chi connectivity index (χ2n) is 3.80. The van der Waals surface area contributed by atoms with E-state index >= 15 is 0 Å². The van der Waals surface area contributed by atoms with Crippen LogP contribution in [0.4, 0.5) is 0 Å². The predicted molar refractivity (Wildman–Crippen MR) is 67.1 cm³/mol. The average molecular weight is 240 g/mol. The van der Waals surface area contributed by atoms with Crippen LogP contribution in [-0.4, -0.2) is 17.4 Å². The molecular weight excluding hydrogens is 228 g/mol. The van der Waals surface area contributed by atoms with Crippen LogP contribution in [0, 0.1) is 11.3 Å². The monoisotopic (exact) mass is 240 g/mol. The number of carbonyl (C=O) groups is 1. The Morgan fingerprint density at radius 2 is 2.17 bits per heavy atom. The minimum atomic E-state index is -0.106. The number of nitriles is 1. The third-order valence-electron chi connectivity index (χ3n) is 2.51. The Morgan fingerprint density at radius 1 is 1.33 bits per heavy atom. The highest BCUT2D eigenvalue weighted by atomic mass is 16.5. The molecule has 0 aliphatic carbocycles. The largest absolute Gasteiger partial charge is 0.491 e. The molecule has 0 saturated heterocycles. The standard InChI is InChI=1S/C14H12N2O2/c15-8-6-12(17)7-10-18-13-5-1-3-11-4-2-9-16-14(11)13/h1-5,9H,6-7,10H2. The molecular formula is C14H12N2O2. The van der Waals surface area contributed by atoms with Crippen LogP contribution in [0.15, 0.2) is 36.5 Å². The predicted octanol–water partition coefficient (Wildman–Crippen LogP) is 2.49. The van der Waals surface area contributed by atoms with Crippen molar-refractivity contribution in [3.63, 3.8) is 0 Å². The number of hydrogen-bond donors (Lipinski definition) is 0. The number of carbonyl (C=O) groups excluding carboxylic acids is 1. The maximum Gasteiger partial charge on any atom is 0.150 e. The number of aromatic nitrogens is 1. The van der Waals surface area contributed by atoms with Crippen LogP contribution in [0.1, 0.15) is 12.8 Å². The van der Waals surface area contributed by atoms with Gasteiger partial charge in [-0.05, 0) is 12.1 Å². The van der Waals surface area contributed by atoms with E-state index in [0.29, 0.717) is 5.75 Å². The van der Waals surface area contributed by atoms with Gasteiger partial charge in [0.25, 0.3) is 0 Å². The molecule has 1 aromatic heterocycles. The van der Waals surface area contributed by atoms with E-state index in [-0.39, 0.29) is 25.2 Å². The fourth-order valence-corrected chi connectivity index (χ4v) is 1.64. The van der Waals surface area contributed by atoms with Crippen LogP contribution < -0.4 is 4.74 Å². The van der Waals surface area contributed by atoms with Gasteiger partial charge >= 0.3 is 0 Å². The molecule has 0 amide bonds. The first kappa shape index (κ1) is 12.1. The number of benzene rings is 1. The van der Waals surface area contributed by atoms with Gasteiger partial charge in [-0.3, -0.25) is 9.78 Å². The van der Waals surface area contributed by atoms with Gasteiger partial charge in [0.05, 0.1) is 19.1 Å². The van der Waals surface area contributed by atoms with E-state index in [1.807, 2.05) is 36.4 Å². The molecule has 0 radical (unpaired) electrons. The van der Waals surface area contributed by atoms with Gasteiger partial charge in [0.2, 0.25) is 0 Å². The first-order valence-corrected chi connectivity index (χ1v) is 5.66. The average Bonchev–Trinajstić information content (AvgIpc) is 2.39. The number of hydrogen-bond acceptors (Lipinski definition) is 4. The van der Waals surface area contributed by atoms with Gasteiger partial charge in [0.1, 0.15) is 17.0 Å². The molecule has 0 saturated carbocycles. The molecule has 0 aliphatic rings. The van der Waals surface area contributed by atoms with Crippen molar-refractivity contribution in [2.75, 3.05) is 6.61 Å². The third-order valence-corrected chi connectivity index (χ3v) is 2.51. The Kier molecular flexibility index (Phi) is 3.87. The van der Waals surface area contributed by atoms with E-state index in [1.54, 1.807) is 6.20 Å². The zero-order valence-electron chi connectivity index (χ0n) is 9.80. The fraction of sp³-hybridized carbons (Fsp3) is 0.214. The van der Waals surface area contributed by atoms with Gasteiger partial charge in [-0.1, -0.05) is 18.2 Å². The number of ether oxygens (including phenoxy) is 1. The lowest BCUT2D eigenvalue weighted by Gasteiger charge is -2.07. The highest BCUT2D eigenvalue weighted by Crippen LogP contribution is 2.22. The Balaban J connectivity index is 2.04. The van der Waals surface area contributed by atoms with Gasteiger partial charge < -0.3 is 4.74 Å². The second-order valence-corrected chi connectivity index (χ2v) is 3.80. The van der Waals surface area contributed by atoms with Crippen molar-refractivity contribution in [3.8, 4) is 11.8 Å². The molecule has 0 bridgehead atoms. The first-order valence-electron chi connectivity index (χ1n) is 5.66. The first-order chi connectivity index (χ1) is 8.81. The maximum absolute atomic E-state index is 11.2. The van der Waals surface area contributed by atoms with Crippen molar-refractivity contribution in [1.29, 1.82) is 5.26 Å². The van der Waals surface area contributed by atoms with Crippen LogP contribution in [0.2, 0.25) is 0 Å². The summed E-state index contributed by atoms with van der Waals surface area (Å²) in [6.45, 7) is 0.274. The lowest BCUT2D eigenvalue weighted by atomic mass is 10.2. The van der Waals surface area contributed by atoms with Crippen LogP contribution in [-0.2, 0) is 4.79 Å². The van der Waals surface area contributed by atoms with E-state index in [9.17, 15) is 4.79 Å². The van der Waals surface area contributed by atoms with Crippen LogP contribution >= 0.6 is 0 Å². The highest BCUT2D eigenvalue weighted by molar-refractivity contribution is 5.84. The van der Waals surface area contributed by atoms with Crippen molar-refractivity contribution >= 4 is 16.7 Å². The van der Waals surface area contributed by atoms with Crippen LogP contribution in [0.3, 0.4) is 0 Å². The molecule has 4 heteroatoms. The summed E-state index contributed by atoms with van der Waals surface area (Å²) in [4.78, 5) is 15.4. The Labute approximate surface area is 105 Å². The minimum Gasteiger partial charge on any atom is -0.491 e. The molecule has 0 unspecified atom stereocenters. The number of para-hydroxylation sites is 1. The number of rotatable bonds is 5. The minimum absolute atomic E-state index is 0.0584. The third kappa shape index (κ3) is 2.83. The Hall–Kier alpha value is -2.41. The summed E-state index contributed by atoms with van der Waals surface area (Å²) in [5, 5.41) is 9.37. The molecule has 1 aromatic carbocycles. The van der Waals surface area contributed by atoms with Crippen molar-refractivity contribution in [1.82, 2.24) is 4.98 Å². The van der Waals surface area contributed by atoms with Crippen LogP contribution in [0.5, 0.6) is 5.75 Å². The molecule has 0 aliphatic heterocycles. The summed E-state index contributed by atoms with van der Waals surface area (Å²) in [6.07, 6.45) is 1.89. The lowest BCUT2D eigenvalue weighted by molar-refractivity contribution is -0.118. The van der Waals surface area contributed by atoms with Gasteiger partial charge in [-0.2, -0.15) is 5.26 Å². The molecule has 2 rings (SSSR count). The number of Topliss-reactive ketones (excluding diaryl/α,β-unsaturated/α-hetero) is 1. The molecule has 4 nitrogen and oxygen atoms in total. The molecule has 90 valence electrons. The van der Waals surface area contributed by atoms with Crippen molar-refractivity contribution in [3.05, 3.63) is 36.5 Å². The number of nitrogens with zero attached hydrogens (tertiary/aromatic N) is 2. The quantitative estimate of drug-likeness (QED) is 0.805. The summed E-state index contributed by atoms with van der Waals surface area (Å²) in [5.41, 5.74) is 0.785. The SMILES string of the molecule is N#CCC(=O)CCOc1cccc2cccnc12. The maximum atomic E-state index is 11.2. The topological polar surface area (TPSA) is 63.0 Å². The molecule has 0 fully saturated rings. The summed E-state index contributed by atoms with van der Waals surface area (Å²) in [6, 6.07) is 11.3. The van der Waals surface area contributed by atoms with E-state index in [4.69, 9.17) is 10.00 Å². The number of fused-ring (bicyclic) bond motifs is 1. The van der Waals surface area contributed by atoms with E-state index in [1.165, 1.54) is 0 Å². The smallest absolute Gasteiger partial charge is 0.150 e. The Morgan fingerprint density at radius 3 is 3.00 bits per heavy atom. The van der Waals surface area contributed by atoms with Crippen molar-refractivity contribution in [2.45, 2.75) is 12.8 Å². The fourth-order valence-electron chi connectivity index (χ4n) is 1.64.